The zero-order chi connectivity index (χ0) is 15.7. The summed E-state index contributed by atoms with van der Waals surface area (Å²) in [6.07, 6.45) is 2.36. The Morgan fingerprint density at radius 2 is 2.05 bits per heavy atom. The Hall–Kier alpha value is -2.30. The number of rotatable bonds is 8. The summed E-state index contributed by atoms with van der Waals surface area (Å²) in [5.74, 6) is -0.212. The molecule has 0 aliphatic heterocycles. The van der Waals surface area contributed by atoms with Crippen LogP contribution < -0.4 is 4.74 Å². The number of nitrogens with zero attached hydrogens (tertiary/aromatic N) is 1. The summed E-state index contributed by atoms with van der Waals surface area (Å²) in [7, 11) is 1.30. The van der Waals surface area contributed by atoms with Crippen molar-refractivity contribution < 1.29 is 19.1 Å². The van der Waals surface area contributed by atoms with Gasteiger partial charge in [0, 0.05) is 6.54 Å². The van der Waals surface area contributed by atoms with E-state index in [4.69, 9.17) is 4.74 Å². The number of methoxy groups -OCH3 is 1. The lowest BCUT2D eigenvalue weighted by molar-refractivity contribution is -0.141. The van der Waals surface area contributed by atoms with Gasteiger partial charge in [-0.3, -0.25) is 9.59 Å². The van der Waals surface area contributed by atoms with Crippen LogP contribution in [0.3, 0.4) is 0 Å². The number of amides is 1. The molecule has 0 radical (unpaired) electrons. The van der Waals surface area contributed by atoms with Gasteiger partial charge in [0.1, 0.15) is 18.9 Å². The van der Waals surface area contributed by atoms with Crippen LogP contribution in [0.15, 0.2) is 36.9 Å². The smallest absolute Gasteiger partial charge is 0.325 e. The summed E-state index contributed by atoms with van der Waals surface area (Å²) in [5.41, 5.74) is 0.428. The fourth-order valence-corrected chi connectivity index (χ4v) is 1.83. The van der Waals surface area contributed by atoms with Crippen molar-refractivity contribution in [3.63, 3.8) is 0 Å². The van der Waals surface area contributed by atoms with E-state index >= 15 is 0 Å². The van der Waals surface area contributed by atoms with E-state index in [1.807, 2.05) is 6.92 Å². The normalized spacial score (nSPS) is 9.81. The van der Waals surface area contributed by atoms with Crippen molar-refractivity contribution in [2.75, 3.05) is 26.8 Å². The molecular formula is C16H21NO4. The van der Waals surface area contributed by atoms with E-state index < -0.39 is 5.97 Å². The summed E-state index contributed by atoms with van der Waals surface area (Å²) >= 11 is 0. The second kappa shape index (κ2) is 8.79. The number of hydrogen-bond donors (Lipinski definition) is 0. The Morgan fingerprint density at radius 3 is 2.67 bits per heavy atom. The van der Waals surface area contributed by atoms with Gasteiger partial charge in [-0.25, -0.2) is 0 Å². The van der Waals surface area contributed by atoms with Gasteiger partial charge in [0.05, 0.1) is 12.7 Å². The van der Waals surface area contributed by atoms with Crippen LogP contribution in [0, 0.1) is 0 Å². The lowest BCUT2D eigenvalue weighted by atomic mass is 10.1. The first-order valence-corrected chi connectivity index (χ1v) is 6.82. The largest absolute Gasteiger partial charge is 0.489 e. The third-order valence-electron chi connectivity index (χ3n) is 2.80. The van der Waals surface area contributed by atoms with Gasteiger partial charge in [0.15, 0.2) is 0 Å². The summed E-state index contributed by atoms with van der Waals surface area (Å²) in [6.45, 7) is 6.25. The Balaban J connectivity index is 2.96. The van der Waals surface area contributed by atoms with Crippen LogP contribution in [0.1, 0.15) is 23.7 Å². The molecule has 5 heteroatoms. The number of carbonyl (C=O) groups is 2. The maximum Gasteiger partial charge on any atom is 0.325 e. The first kappa shape index (κ1) is 16.8. The minimum Gasteiger partial charge on any atom is -0.489 e. The monoisotopic (exact) mass is 291 g/mol. The molecule has 0 atom stereocenters. The number of hydrogen-bond acceptors (Lipinski definition) is 4. The van der Waals surface area contributed by atoms with E-state index in [0.29, 0.717) is 24.5 Å². The molecule has 0 unspecified atom stereocenters. The number of ether oxygens (including phenoxy) is 2. The van der Waals surface area contributed by atoms with Crippen LogP contribution in [0.2, 0.25) is 0 Å². The molecule has 1 amide bonds. The average molecular weight is 291 g/mol. The van der Waals surface area contributed by atoms with E-state index in [-0.39, 0.29) is 12.5 Å². The van der Waals surface area contributed by atoms with Crippen LogP contribution in [0.25, 0.3) is 0 Å². The molecule has 0 aromatic heterocycles. The topological polar surface area (TPSA) is 55.8 Å². The standard InChI is InChI=1S/C16H21NO4/c1-4-10-17(12-15(18)20-3)16(19)13-8-6-7-9-14(13)21-11-5-2/h5-9H,2,4,10-12H2,1,3H3. The van der Waals surface area contributed by atoms with Crippen LogP contribution in [-0.4, -0.2) is 43.6 Å². The van der Waals surface area contributed by atoms with E-state index in [1.165, 1.54) is 12.0 Å². The van der Waals surface area contributed by atoms with E-state index in [0.717, 1.165) is 6.42 Å². The van der Waals surface area contributed by atoms with Crippen LogP contribution in [0.4, 0.5) is 0 Å². The van der Waals surface area contributed by atoms with Crippen molar-refractivity contribution in [1.29, 1.82) is 0 Å². The zero-order valence-corrected chi connectivity index (χ0v) is 12.5. The fraction of sp³-hybridized carbons (Fsp3) is 0.375. The van der Waals surface area contributed by atoms with Crippen molar-refractivity contribution in [3.8, 4) is 5.75 Å². The Labute approximate surface area is 125 Å². The minimum atomic E-state index is -0.443. The summed E-state index contributed by atoms with van der Waals surface area (Å²) < 4.78 is 10.1. The molecule has 5 nitrogen and oxygen atoms in total. The van der Waals surface area contributed by atoms with Gasteiger partial charge in [-0.2, -0.15) is 0 Å². The molecule has 0 bridgehead atoms. The lowest BCUT2D eigenvalue weighted by Crippen LogP contribution is -2.37. The first-order chi connectivity index (χ1) is 10.1. The molecule has 114 valence electrons. The highest BCUT2D eigenvalue weighted by Crippen LogP contribution is 2.20. The Kier molecular flexibility index (Phi) is 7.01. The van der Waals surface area contributed by atoms with Crippen LogP contribution in [0.5, 0.6) is 5.75 Å². The quantitative estimate of drug-likeness (QED) is 0.544. The van der Waals surface area contributed by atoms with Gasteiger partial charge in [-0.1, -0.05) is 31.7 Å². The summed E-state index contributed by atoms with van der Waals surface area (Å²) in [5, 5.41) is 0. The predicted octanol–water partition coefficient (Wildman–Crippen LogP) is 2.28. The maximum atomic E-state index is 12.6. The number of para-hydroxylation sites is 1. The molecule has 0 saturated carbocycles. The van der Waals surface area contributed by atoms with Crippen molar-refractivity contribution in [2.45, 2.75) is 13.3 Å². The van der Waals surface area contributed by atoms with Crippen LogP contribution >= 0.6 is 0 Å². The molecule has 0 spiro atoms. The Bertz CT molecular complexity index is 499. The maximum absolute atomic E-state index is 12.6. The molecule has 0 fully saturated rings. The average Bonchev–Trinajstić information content (AvgIpc) is 2.51. The third kappa shape index (κ3) is 4.95. The van der Waals surface area contributed by atoms with Gasteiger partial charge in [-0.05, 0) is 18.6 Å². The van der Waals surface area contributed by atoms with Gasteiger partial charge in [0.2, 0.25) is 0 Å². The van der Waals surface area contributed by atoms with Gasteiger partial charge in [-0.15, -0.1) is 0 Å². The summed E-state index contributed by atoms with van der Waals surface area (Å²) in [6, 6.07) is 6.95. The zero-order valence-electron chi connectivity index (χ0n) is 12.5. The lowest BCUT2D eigenvalue weighted by Gasteiger charge is -2.22. The molecule has 1 aromatic carbocycles. The molecular weight excluding hydrogens is 270 g/mol. The van der Waals surface area contributed by atoms with Gasteiger partial charge >= 0.3 is 5.97 Å². The highest BCUT2D eigenvalue weighted by atomic mass is 16.5. The van der Waals surface area contributed by atoms with Crippen molar-refractivity contribution in [3.05, 3.63) is 42.5 Å². The first-order valence-electron chi connectivity index (χ1n) is 6.82. The number of esters is 1. The van der Waals surface area contributed by atoms with E-state index in [9.17, 15) is 9.59 Å². The Morgan fingerprint density at radius 1 is 1.33 bits per heavy atom. The van der Waals surface area contributed by atoms with Gasteiger partial charge in [0.25, 0.3) is 5.91 Å². The number of benzene rings is 1. The molecule has 0 saturated heterocycles. The van der Waals surface area contributed by atoms with Crippen molar-refractivity contribution >= 4 is 11.9 Å². The second-order valence-electron chi connectivity index (χ2n) is 4.40. The molecule has 0 N–H and O–H groups in total. The fourth-order valence-electron chi connectivity index (χ4n) is 1.83. The summed E-state index contributed by atoms with van der Waals surface area (Å²) in [4.78, 5) is 25.5. The SMILES string of the molecule is C=CCOc1ccccc1C(=O)N(CCC)CC(=O)OC. The molecule has 1 rings (SSSR count). The predicted molar refractivity (Wildman–Crippen MR) is 80.3 cm³/mol. The number of carbonyl (C=O) groups excluding carboxylic acids is 2. The van der Waals surface area contributed by atoms with Gasteiger partial charge < -0.3 is 14.4 Å². The molecule has 0 aliphatic rings. The van der Waals surface area contributed by atoms with Crippen molar-refractivity contribution in [1.82, 2.24) is 4.90 Å². The highest BCUT2D eigenvalue weighted by molar-refractivity contribution is 5.98. The second-order valence-corrected chi connectivity index (χ2v) is 4.40. The van der Waals surface area contributed by atoms with Crippen molar-refractivity contribution in [2.24, 2.45) is 0 Å². The van der Waals surface area contributed by atoms with E-state index in [1.54, 1.807) is 30.3 Å². The molecule has 0 aliphatic carbocycles. The molecule has 21 heavy (non-hydrogen) atoms. The minimum absolute atomic E-state index is 0.0705. The third-order valence-corrected chi connectivity index (χ3v) is 2.80. The molecule has 0 heterocycles. The highest BCUT2D eigenvalue weighted by Gasteiger charge is 2.21. The van der Waals surface area contributed by atoms with E-state index in [2.05, 4.69) is 11.3 Å². The molecule has 1 aromatic rings. The van der Waals surface area contributed by atoms with Crippen LogP contribution in [-0.2, 0) is 9.53 Å².